The van der Waals surface area contributed by atoms with Crippen LogP contribution in [0, 0.1) is 5.92 Å². The summed E-state index contributed by atoms with van der Waals surface area (Å²) < 4.78 is 0. The molecule has 2 fully saturated rings. The van der Waals surface area contributed by atoms with Crippen molar-refractivity contribution in [3.05, 3.63) is 0 Å². The Morgan fingerprint density at radius 3 is 1.17 bits per heavy atom. The Hall–Kier alpha value is 0.519. The summed E-state index contributed by atoms with van der Waals surface area (Å²) in [5.74, 6) is 1.05. The van der Waals surface area contributed by atoms with Gasteiger partial charge in [-0.2, -0.15) is 0 Å². The first kappa shape index (κ1) is 12.5. The van der Waals surface area contributed by atoms with Crippen LogP contribution in [-0.2, 0) is 17.1 Å². The summed E-state index contributed by atoms with van der Waals surface area (Å²) in [6.07, 6.45) is 13.4. The van der Waals surface area contributed by atoms with E-state index in [9.17, 15) is 0 Å². The molecule has 1 heteroatoms. The topological polar surface area (TPSA) is 0 Å². The van der Waals surface area contributed by atoms with Gasteiger partial charge in [-0.05, 0) is 5.92 Å². The molecule has 0 aromatic carbocycles. The molecule has 0 bridgehead atoms. The zero-order chi connectivity index (χ0) is 7.94. The monoisotopic (exact) mass is 210 g/mol. The smallest absolute Gasteiger partial charge is 0 e. The maximum atomic E-state index is 2.34. The van der Waals surface area contributed by atoms with E-state index >= 15 is 0 Å². The van der Waals surface area contributed by atoms with Crippen LogP contribution in [0.3, 0.4) is 0 Å². The van der Waals surface area contributed by atoms with Gasteiger partial charge in [0.05, 0.1) is 0 Å². The molecule has 0 aliphatic heterocycles. The van der Waals surface area contributed by atoms with Crippen LogP contribution < -0.4 is 0 Å². The quantitative estimate of drug-likeness (QED) is 0.527. The summed E-state index contributed by atoms with van der Waals surface area (Å²) in [6, 6.07) is 0. The summed E-state index contributed by atoms with van der Waals surface area (Å²) in [6.45, 7) is 2.34. The van der Waals surface area contributed by atoms with Gasteiger partial charge < -0.3 is 0 Å². The molecule has 0 aromatic rings. The molecule has 74 valence electrons. The molecule has 2 aliphatic carbocycles. The van der Waals surface area contributed by atoms with E-state index in [0.29, 0.717) is 0 Å². The van der Waals surface area contributed by atoms with Gasteiger partial charge in [0.15, 0.2) is 0 Å². The molecule has 0 nitrogen and oxygen atoms in total. The van der Waals surface area contributed by atoms with Gasteiger partial charge in [-0.3, -0.25) is 0 Å². The molecule has 0 heterocycles. The third kappa shape index (κ3) is 6.08. The molecule has 2 saturated carbocycles. The zero-order valence-corrected chi connectivity index (χ0v) is 9.40. The summed E-state index contributed by atoms with van der Waals surface area (Å²) in [5, 5.41) is 0. The van der Waals surface area contributed by atoms with Crippen molar-refractivity contribution in [2.75, 3.05) is 0 Å². The maximum Gasteiger partial charge on any atom is 0 e. The van der Waals surface area contributed by atoms with Crippen molar-refractivity contribution in [1.82, 2.24) is 0 Å². The van der Waals surface area contributed by atoms with Crippen LogP contribution in [0.25, 0.3) is 0 Å². The van der Waals surface area contributed by atoms with Crippen molar-refractivity contribution >= 4 is 0 Å². The SMILES string of the molecule is C1CCCC1.CC1CCCC1.[Fe]. The summed E-state index contributed by atoms with van der Waals surface area (Å²) in [7, 11) is 0. The van der Waals surface area contributed by atoms with E-state index in [4.69, 9.17) is 0 Å². The van der Waals surface area contributed by atoms with Crippen molar-refractivity contribution in [3.8, 4) is 0 Å². The van der Waals surface area contributed by atoms with Gasteiger partial charge in [-0.15, -0.1) is 0 Å². The minimum absolute atomic E-state index is 0. The van der Waals surface area contributed by atoms with E-state index < -0.39 is 0 Å². The first-order chi connectivity index (χ1) is 5.39. The van der Waals surface area contributed by atoms with Gasteiger partial charge in [-0.25, -0.2) is 0 Å². The van der Waals surface area contributed by atoms with E-state index in [-0.39, 0.29) is 17.1 Å². The van der Waals surface area contributed by atoms with Crippen LogP contribution in [0.4, 0.5) is 0 Å². The molecule has 0 spiro atoms. The molecule has 0 saturated heterocycles. The second-order valence-corrected chi connectivity index (χ2v) is 4.16. The van der Waals surface area contributed by atoms with E-state index in [1.54, 1.807) is 0 Å². The van der Waals surface area contributed by atoms with Crippen molar-refractivity contribution in [2.45, 2.75) is 64.7 Å². The van der Waals surface area contributed by atoms with Gasteiger partial charge in [0.1, 0.15) is 0 Å². The van der Waals surface area contributed by atoms with Crippen LogP contribution in [0.1, 0.15) is 64.7 Å². The summed E-state index contributed by atoms with van der Waals surface area (Å²) in [5.41, 5.74) is 0. The molecule has 2 rings (SSSR count). The second kappa shape index (κ2) is 8.13. The number of rotatable bonds is 0. The Bertz CT molecular complexity index is 73.4. The molecular formula is C11H22Fe. The summed E-state index contributed by atoms with van der Waals surface area (Å²) >= 11 is 0. The van der Waals surface area contributed by atoms with Crippen LogP contribution in [-0.4, -0.2) is 0 Å². The molecule has 0 unspecified atom stereocenters. The molecule has 12 heavy (non-hydrogen) atoms. The fourth-order valence-corrected chi connectivity index (χ4v) is 2.01. The van der Waals surface area contributed by atoms with Crippen LogP contribution in [0.15, 0.2) is 0 Å². The molecule has 0 radical (unpaired) electrons. The predicted octanol–water partition coefficient (Wildman–Crippen LogP) is 4.14. The molecule has 0 N–H and O–H groups in total. The van der Waals surface area contributed by atoms with Crippen LogP contribution >= 0.6 is 0 Å². The second-order valence-electron chi connectivity index (χ2n) is 4.16. The Balaban J connectivity index is 0.000000189. The minimum atomic E-state index is 0. The van der Waals surface area contributed by atoms with Gasteiger partial charge in [0.2, 0.25) is 0 Å². The fourth-order valence-electron chi connectivity index (χ4n) is 2.01. The summed E-state index contributed by atoms with van der Waals surface area (Å²) in [4.78, 5) is 0. The third-order valence-electron chi connectivity index (χ3n) is 2.89. The number of hydrogen-bond acceptors (Lipinski definition) is 0. The van der Waals surface area contributed by atoms with Gasteiger partial charge >= 0.3 is 0 Å². The van der Waals surface area contributed by atoms with Crippen molar-refractivity contribution in [1.29, 1.82) is 0 Å². The van der Waals surface area contributed by atoms with Crippen LogP contribution in [0.2, 0.25) is 0 Å². The van der Waals surface area contributed by atoms with E-state index in [2.05, 4.69) is 6.92 Å². The van der Waals surface area contributed by atoms with E-state index in [0.717, 1.165) is 5.92 Å². The Labute approximate surface area is 88.0 Å². The molecule has 2 aliphatic rings. The largest absolute Gasteiger partial charge is 0.0625 e. The van der Waals surface area contributed by atoms with Gasteiger partial charge in [-0.1, -0.05) is 64.7 Å². The van der Waals surface area contributed by atoms with Crippen molar-refractivity contribution in [2.24, 2.45) is 5.92 Å². The van der Waals surface area contributed by atoms with Crippen molar-refractivity contribution < 1.29 is 17.1 Å². The Kier molecular flexibility index (Phi) is 8.49. The van der Waals surface area contributed by atoms with Gasteiger partial charge in [0.25, 0.3) is 0 Å². The first-order valence-corrected chi connectivity index (χ1v) is 5.39. The maximum absolute atomic E-state index is 2.34. The Morgan fingerprint density at radius 1 is 0.667 bits per heavy atom. The average molecular weight is 210 g/mol. The van der Waals surface area contributed by atoms with E-state index in [1.807, 2.05) is 0 Å². The minimum Gasteiger partial charge on any atom is -0.0625 e. The third-order valence-corrected chi connectivity index (χ3v) is 2.89. The van der Waals surface area contributed by atoms with Crippen molar-refractivity contribution in [3.63, 3.8) is 0 Å². The molecule has 0 atom stereocenters. The molecule has 0 amide bonds. The van der Waals surface area contributed by atoms with Gasteiger partial charge in [0, 0.05) is 17.1 Å². The number of hydrogen-bond donors (Lipinski definition) is 0. The molecular weight excluding hydrogens is 188 g/mol. The first-order valence-electron chi connectivity index (χ1n) is 5.39. The fraction of sp³-hybridized carbons (Fsp3) is 1.00. The predicted molar refractivity (Wildman–Crippen MR) is 50.7 cm³/mol. The normalized spacial score (nSPS) is 22.8. The van der Waals surface area contributed by atoms with E-state index in [1.165, 1.54) is 57.8 Å². The molecule has 0 aromatic heterocycles. The standard InChI is InChI=1S/C6H12.C5H10.Fe/c1-6-4-2-3-5-6;1-2-4-5-3-1;/h6H,2-5H2,1H3;1-5H2;. The van der Waals surface area contributed by atoms with Crippen LogP contribution in [0.5, 0.6) is 0 Å². The Morgan fingerprint density at radius 2 is 1.00 bits per heavy atom. The zero-order valence-electron chi connectivity index (χ0n) is 8.29. The average Bonchev–Trinajstić information content (AvgIpc) is 2.57.